The quantitative estimate of drug-likeness (QED) is 0.817. The van der Waals surface area contributed by atoms with Gasteiger partial charge in [0.1, 0.15) is 6.54 Å². The Balaban J connectivity index is 1.78. The minimum Gasteiger partial charge on any atom is -0.396 e. The maximum absolute atomic E-state index is 11.7. The van der Waals surface area contributed by atoms with E-state index in [4.69, 9.17) is 5.73 Å². The molecule has 1 aromatic rings. The summed E-state index contributed by atoms with van der Waals surface area (Å²) in [6.07, 6.45) is 8.98. The van der Waals surface area contributed by atoms with Crippen molar-refractivity contribution >= 4 is 23.4 Å². The lowest BCUT2D eigenvalue weighted by atomic mass is 9.84. The summed E-state index contributed by atoms with van der Waals surface area (Å²) in [6.45, 7) is 0.991. The summed E-state index contributed by atoms with van der Waals surface area (Å²) in [4.78, 5) is 11.7. The van der Waals surface area contributed by atoms with Gasteiger partial charge in [-0.1, -0.05) is 6.42 Å². The molecule has 6 heteroatoms. The van der Waals surface area contributed by atoms with Crippen LogP contribution in [0.2, 0.25) is 0 Å². The van der Waals surface area contributed by atoms with Gasteiger partial charge < -0.3 is 11.1 Å². The fourth-order valence-electron chi connectivity index (χ4n) is 1.95. The Kier molecular flexibility index (Phi) is 3.61. The highest BCUT2D eigenvalue weighted by Crippen LogP contribution is 2.42. The molecule has 2 rings (SSSR count). The highest BCUT2D eigenvalue weighted by molar-refractivity contribution is 8.00. The molecule has 0 radical (unpaired) electrons. The maximum atomic E-state index is 11.7. The second kappa shape index (κ2) is 5.00. The third-order valence-corrected chi connectivity index (χ3v) is 4.68. The lowest BCUT2D eigenvalue weighted by molar-refractivity contribution is -0.122. The first-order valence-electron chi connectivity index (χ1n) is 5.73. The molecule has 0 aliphatic heterocycles. The standard InChI is InChI=1S/C11H18N4OS/c1-17-11(3-2-4-11)8-13-10(16)7-15-6-9(12)5-14-15/h5-6H,2-4,7-8,12H2,1H3,(H,13,16). The van der Waals surface area contributed by atoms with Gasteiger partial charge in [0.05, 0.1) is 11.9 Å². The van der Waals surface area contributed by atoms with Crippen LogP contribution >= 0.6 is 11.8 Å². The number of nitrogens with two attached hydrogens (primary N) is 1. The minimum atomic E-state index is -0.00609. The number of nitrogens with one attached hydrogen (secondary N) is 1. The van der Waals surface area contributed by atoms with Crippen LogP contribution in [0.1, 0.15) is 19.3 Å². The zero-order chi connectivity index (χ0) is 12.3. The Morgan fingerprint density at radius 1 is 1.71 bits per heavy atom. The molecule has 0 unspecified atom stereocenters. The molecular weight excluding hydrogens is 236 g/mol. The van der Waals surface area contributed by atoms with Crippen LogP contribution in [0, 0.1) is 0 Å². The maximum Gasteiger partial charge on any atom is 0.241 e. The summed E-state index contributed by atoms with van der Waals surface area (Å²) >= 11 is 1.85. The SMILES string of the molecule is CSC1(CNC(=O)Cn2cc(N)cn2)CCC1. The number of nitrogen functional groups attached to an aromatic ring is 1. The van der Waals surface area contributed by atoms with Crippen molar-refractivity contribution in [2.75, 3.05) is 18.5 Å². The molecule has 1 aliphatic carbocycles. The summed E-state index contributed by atoms with van der Waals surface area (Å²) in [6, 6.07) is 0. The minimum absolute atomic E-state index is 0.00609. The zero-order valence-corrected chi connectivity index (χ0v) is 10.8. The largest absolute Gasteiger partial charge is 0.396 e. The van der Waals surface area contributed by atoms with Crippen molar-refractivity contribution in [2.45, 2.75) is 30.6 Å². The van der Waals surface area contributed by atoms with E-state index >= 15 is 0 Å². The van der Waals surface area contributed by atoms with Gasteiger partial charge in [-0.3, -0.25) is 9.48 Å². The number of thioether (sulfide) groups is 1. The Morgan fingerprint density at radius 3 is 2.94 bits per heavy atom. The van der Waals surface area contributed by atoms with Crippen LogP contribution in [0.25, 0.3) is 0 Å². The van der Waals surface area contributed by atoms with Crippen LogP contribution in [0.3, 0.4) is 0 Å². The predicted octanol–water partition coefficient (Wildman–Crippen LogP) is 0.867. The molecule has 0 bridgehead atoms. The van der Waals surface area contributed by atoms with Crippen molar-refractivity contribution in [1.82, 2.24) is 15.1 Å². The van der Waals surface area contributed by atoms with E-state index in [9.17, 15) is 4.79 Å². The normalized spacial score (nSPS) is 17.5. The van der Waals surface area contributed by atoms with Gasteiger partial charge >= 0.3 is 0 Å². The van der Waals surface area contributed by atoms with Gasteiger partial charge in [-0.05, 0) is 19.1 Å². The molecule has 17 heavy (non-hydrogen) atoms. The van der Waals surface area contributed by atoms with E-state index in [0.29, 0.717) is 5.69 Å². The first-order valence-corrected chi connectivity index (χ1v) is 6.96. The van der Waals surface area contributed by atoms with Crippen molar-refractivity contribution in [2.24, 2.45) is 0 Å². The van der Waals surface area contributed by atoms with Crippen LogP contribution in [-0.2, 0) is 11.3 Å². The van der Waals surface area contributed by atoms with Gasteiger partial charge in [-0.15, -0.1) is 0 Å². The van der Waals surface area contributed by atoms with Crippen LogP contribution in [0.4, 0.5) is 5.69 Å². The summed E-state index contributed by atoms with van der Waals surface area (Å²) in [5, 5.41) is 6.95. The van der Waals surface area contributed by atoms with E-state index in [1.165, 1.54) is 19.3 Å². The van der Waals surface area contributed by atoms with Gasteiger partial charge in [0.15, 0.2) is 0 Å². The van der Waals surface area contributed by atoms with Crippen LogP contribution < -0.4 is 11.1 Å². The van der Waals surface area contributed by atoms with Crippen molar-refractivity contribution in [3.05, 3.63) is 12.4 Å². The molecular formula is C11H18N4OS. The molecule has 0 atom stereocenters. The molecule has 1 saturated carbocycles. The number of nitrogens with zero attached hydrogens (tertiary/aromatic N) is 2. The van der Waals surface area contributed by atoms with Crippen molar-refractivity contribution in [1.29, 1.82) is 0 Å². The Labute approximate surface area is 105 Å². The molecule has 1 fully saturated rings. The van der Waals surface area contributed by atoms with Crippen molar-refractivity contribution in [3.63, 3.8) is 0 Å². The monoisotopic (exact) mass is 254 g/mol. The number of hydrogen-bond acceptors (Lipinski definition) is 4. The topological polar surface area (TPSA) is 72.9 Å². The first-order chi connectivity index (χ1) is 8.13. The van der Waals surface area contributed by atoms with E-state index < -0.39 is 0 Å². The molecule has 0 aromatic carbocycles. The van der Waals surface area contributed by atoms with Crippen LogP contribution in [0.15, 0.2) is 12.4 Å². The second-order valence-corrected chi connectivity index (χ2v) is 5.76. The summed E-state index contributed by atoms with van der Waals surface area (Å²) in [7, 11) is 0. The van der Waals surface area contributed by atoms with Gasteiger partial charge in [-0.2, -0.15) is 16.9 Å². The number of anilines is 1. The van der Waals surface area contributed by atoms with Gasteiger partial charge in [0.25, 0.3) is 0 Å². The molecule has 94 valence electrons. The number of amides is 1. The zero-order valence-electron chi connectivity index (χ0n) is 9.98. The fourth-order valence-corrected chi connectivity index (χ4v) is 2.87. The molecule has 1 amide bonds. The number of aromatic nitrogens is 2. The molecule has 0 spiro atoms. The number of carbonyl (C=O) groups is 1. The summed E-state index contributed by atoms with van der Waals surface area (Å²) in [5.41, 5.74) is 6.11. The van der Waals surface area contributed by atoms with E-state index in [-0.39, 0.29) is 17.2 Å². The fraction of sp³-hybridized carbons (Fsp3) is 0.636. The average Bonchev–Trinajstić information content (AvgIpc) is 2.63. The lowest BCUT2D eigenvalue weighted by Gasteiger charge is -2.40. The Hall–Kier alpha value is -1.17. The van der Waals surface area contributed by atoms with Gasteiger partial charge in [0.2, 0.25) is 5.91 Å². The van der Waals surface area contributed by atoms with Crippen LogP contribution in [0.5, 0.6) is 0 Å². The molecule has 3 N–H and O–H groups in total. The third-order valence-electron chi connectivity index (χ3n) is 3.26. The highest BCUT2D eigenvalue weighted by Gasteiger charge is 2.36. The Bertz CT molecular complexity index is 394. The van der Waals surface area contributed by atoms with Crippen LogP contribution in [-0.4, -0.2) is 33.2 Å². The summed E-state index contributed by atoms with van der Waals surface area (Å²) < 4.78 is 1.83. The number of carbonyl (C=O) groups excluding carboxylic acids is 1. The number of rotatable bonds is 5. The predicted molar refractivity (Wildman–Crippen MR) is 69.7 cm³/mol. The van der Waals surface area contributed by atoms with Crippen molar-refractivity contribution in [3.8, 4) is 0 Å². The van der Waals surface area contributed by atoms with E-state index in [1.54, 1.807) is 17.1 Å². The molecule has 0 saturated heterocycles. The highest BCUT2D eigenvalue weighted by atomic mass is 32.2. The first kappa shape index (κ1) is 12.3. The Morgan fingerprint density at radius 2 is 2.47 bits per heavy atom. The molecule has 1 aliphatic rings. The molecule has 5 nitrogen and oxygen atoms in total. The molecule has 1 heterocycles. The van der Waals surface area contributed by atoms with E-state index in [1.807, 2.05) is 11.8 Å². The van der Waals surface area contributed by atoms with Gasteiger partial charge in [0, 0.05) is 17.5 Å². The van der Waals surface area contributed by atoms with E-state index in [0.717, 1.165) is 6.54 Å². The lowest BCUT2D eigenvalue weighted by Crippen LogP contribution is -2.45. The summed E-state index contributed by atoms with van der Waals surface area (Å²) in [5.74, 6) is -0.00609. The average molecular weight is 254 g/mol. The van der Waals surface area contributed by atoms with Gasteiger partial charge in [-0.25, -0.2) is 0 Å². The van der Waals surface area contributed by atoms with Crippen molar-refractivity contribution < 1.29 is 4.79 Å². The molecule has 1 aromatic heterocycles. The smallest absolute Gasteiger partial charge is 0.241 e. The number of hydrogen-bond donors (Lipinski definition) is 2. The third kappa shape index (κ3) is 2.94. The van der Waals surface area contributed by atoms with E-state index in [2.05, 4.69) is 16.7 Å². The second-order valence-electron chi connectivity index (χ2n) is 4.49.